The van der Waals surface area contributed by atoms with Crippen LogP contribution in [0.5, 0.6) is 0 Å². The first-order chi connectivity index (χ1) is 16.0. The second-order valence-electron chi connectivity index (χ2n) is 7.72. The molecule has 2 aromatic carbocycles. The van der Waals surface area contributed by atoms with E-state index < -0.39 is 0 Å². The first kappa shape index (κ1) is 23.0. The van der Waals surface area contributed by atoms with Gasteiger partial charge in [0.2, 0.25) is 5.91 Å². The number of morpholine rings is 1. The van der Waals surface area contributed by atoms with Crippen molar-refractivity contribution >= 4 is 34.8 Å². The van der Waals surface area contributed by atoms with Crippen LogP contribution in [0.4, 0.5) is 11.4 Å². The van der Waals surface area contributed by atoms with Crippen molar-refractivity contribution in [2.75, 3.05) is 43.5 Å². The zero-order valence-electron chi connectivity index (χ0n) is 18.4. The summed E-state index contributed by atoms with van der Waals surface area (Å²) in [6, 6.07) is 14.4. The monoisotopic (exact) mass is 467 g/mol. The molecule has 1 aliphatic heterocycles. The molecule has 1 fully saturated rings. The van der Waals surface area contributed by atoms with Crippen LogP contribution >= 0.6 is 11.6 Å². The molecule has 172 valence electrons. The number of anilines is 2. The lowest BCUT2D eigenvalue weighted by molar-refractivity contribution is -0.118. The highest BCUT2D eigenvalue weighted by atomic mass is 35.5. The van der Waals surface area contributed by atoms with Crippen LogP contribution < -0.4 is 10.6 Å². The van der Waals surface area contributed by atoms with Gasteiger partial charge in [0.1, 0.15) is 0 Å². The zero-order chi connectivity index (χ0) is 23.2. The van der Waals surface area contributed by atoms with E-state index in [9.17, 15) is 9.59 Å². The lowest BCUT2D eigenvalue weighted by Gasteiger charge is -2.25. The molecule has 0 atom stereocenters. The van der Waals surface area contributed by atoms with Gasteiger partial charge in [0, 0.05) is 29.5 Å². The van der Waals surface area contributed by atoms with E-state index in [0.29, 0.717) is 48.1 Å². The Kier molecular flexibility index (Phi) is 7.39. The average molecular weight is 468 g/mol. The molecular formula is C24H26ClN5O3. The third-order valence-corrected chi connectivity index (χ3v) is 5.63. The Labute approximate surface area is 197 Å². The van der Waals surface area contributed by atoms with Crippen LogP contribution in [0.15, 0.2) is 54.7 Å². The molecule has 0 saturated carbocycles. The van der Waals surface area contributed by atoms with E-state index in [0.717, 1.165) is 24.5 Å². The first-order valence-corrected chi connectivity index (χ1v) is 11.3. The quantitative estimate of drug-likeness (QED) is 0.554. The van der Waals surface area contributed by atoms with Crippen molar-refractivity contribution in [3.05, 3.63) is 71.0 Å². The van der Waals surface area contributed by atoms with Crippen molar-refractivity contribution in [2.45, 2.75) is 13.3 Å². The molecule has 0 unspecified atom stereocenters. The highest BCUT2D eigenvalue weighted by Crippen LogP contribution is 2.21. The third-order valence-electron chi connectivity index (χ3n) is 5.40. The predicted octanol–water partition coefficient (Wildman–Crippen LogP) is 3.61. The molecule has 2 heterocycles. The minimum absolute atomic E-state index is 0.0743. The summed E-state index contributed by atoms with van der Waals surface area (Å²) in [7, 11) is 0. The van der Waals surface area contributed by atoms with Gasteiger partial charge in [-0.25, -0.2) is 4.68 Å². The predicted molar refractivity (Wildman–Crippen MR) is 128 cm³/mol. The van der Waals surface area contributed by atoms with E-state index in [2.05, 4.69) is 20.6 Å². The van der Waals surface area contributed by atoms with Gasteiger partial charge in [0.25, 0.3) is 5.91 Å². The molecule has 1 aromatic heterocycles. The molecule has 0 spiro atoms. The number of rotatable bonds is 7. The van der Waals surface area contributed by atoms with Gasteiger partial charge < -0.3 is 15.4 Å². The number of amides is 2. The SMILES string of the molecule is CCc1c(C(=O)Nc2ccc(NC(=O)CN3CCOCC3)cc2)cnn1-c1cccc(Cl)c1. The van der Waals surface area contributed by atoms with Crippen molar-refractivity contribution in [3.8, 4) is 5.69 Å². The second-order valence-corrected chi connectivity index (χ2v) is 8.15. The smallest absolute Gasteiger partial charge is 0.259 e. The summed E-state index contributed by atoms with van der Waals surface area (Å²) in [4.78, 5) is 27.2. The summed E-state index contributed by atoms with van der Waals surface area (Å²) in [5.74, 6) is -0.320. The van der Waals surface area contributed by atoms with Gasteiger partial charge in [-0.05, 0) is 48.9 Å². The number of aromatic nitrogens is 2. The maximum atomic E-state index is 12.9. The minimum atomic E-state index is -0.246. The van der Waals surface area contributed by atoms with Gasteiger partial charge in [0.05, 0.1) is 42.9 Å². The highest BCUT2D eigenvalue weighted by Gasteiger charge is 2.18. The normalized spacial score (nSPS) is 14.1. The van der Waals surface area contributed by atoms with E-state index in [1.807, 2.05) is 25.1 Å². The molecule has 8 nitrogen and oxygen atoms in total. The lowest BCUT2D eigenvalue weighted by Crippen LogP contribution is -2.41. The molecule has 0 aliphatic carbocycles. The molecular weight excluding hydrogens is 442 g/mol. The van der Waals surface area contributed by atoms with Crippen molar-refractivity contribution in [2.24, 2.45) is 0 Å². The van der Waals surface area contributed by atoms with E-state index in [1.54, 1.807) is 41.2 Å². The van der Waals surface area contributed by atoms with Crippen molar-refractivity contribution in [1.29, 1.82) is 0 Å². The zero-order valence-corrected chi connectivity index (χ0v) is 19.1. The number of halogens is 1. The molecule has 2 N–H and O–H groups in total. The van der Waals surface area contributed by atoms with Crippen LogP contribution in [0.3, 0.4) is 0 Å². The number of nitrogens with zero attached hydrogens (tertiary/aromatic N) is 3. The van der Waals surface area contributed by atoms with E-state index in [-0.39, 0.29) is 11.8 Å². The van der Waals surface area contributed by atoms with Crippen LogP contribution in [-0.2, 0) is 16.0 Å². The summed E-state index contributed by atoms with van der Waals surface area (Å²) >= 11 is 6.11. The molecule has 3 aromatic rings. The van der Waals surface area contributed by atoms with Gasteiger partial charge in [-0.3, -0.25) is 14.5 Å². The van der Waals surface area contributed by atoms with Crippen LogP contribution in [-0.4, -0.2) is 59.3 Å². The standard InChI is InChI=1S/C24H26ClN5O3/c1-2-22-21(15-26-30(22)20-5-3-4-17(25)14-20)24(32)28-19-8-6-18(7-9-19)27-23(31)16-29-10-12-33-13-11-29/h3-9,14-15H,2,10-13,16H2,1H3,(H,27,31)(H,28,32). The molecule has 1 aliphatic rings. The fourth-order valence-corrected chi connectivity index (χ4v) is 3.92. The molecule has 0 radical (unpaired) electrons. The first-order valence-electron chi connectivity index (χ1n) is 10.9. The van der Waals surface area contributed by atoms with Gasteiger partial charge in [-0.1, -0.05) is 24.6 Å². The second kappa shape index (κ2) is 10.6. The molecule has 9 heteroatoms. The number of nitrogens with one attached hydrogen (secondary N) is 2. The molecule has 0 bridgehead atoms. The minimum Gasteiger partial charge on any atom is -0.379 e. The molecule has 33 heavy (non-hydrogen) atoms. The lowest BCUT2D eigenvalue weighted by atomic mass is 10.1. The van der Waals surface area contributed by atoms with Gasteiger partial charge in [-0.2, -0.15) is 5.10 Å². The van der Waals surface area contributed by atoms with Crippen LogP contribution in [0.1, 0.15) is 23.0 Å². The largest absolute Gasteiger partial charge is 0.379 e. The Balaban J connectivity index is 1.39. The van der Waals surface area contributed by atoms with E-state index in [1.165, 1.54) is 0 Å². The van der Waals surface area contributed by atoms with Crippen molar-refractivity contribution < 1.29 is 14.3 Å². The number of carbonyl (C=O) groups is 2. The number of carbonyl (C=O) groups excluding carboxylic acids is 2. The van der Waals surface area contributed by atoms with Crippen LogP contribution in [0, 0.1) is 0 Å². The van der Waals surface area contributed by atoms with E-state index >= 15 is 0 Å². The Morgan fingerprint density at radius 1 is 1.06 bits per heavy atom. The number of ether oxygens (including phenoxy) is 1. The number of hydrogen-bond acceptors (Lipinski definition) is 5. The van der Waals surface area contributed by atoms with Gasteiger partial charge in [-0.15, -0.1) is 0 Å². The van der Waals surface area contributed by atoms with Gasteiger partial charge >= 0.3 is 0 Å². The Morgan fingerprint density at radius 2 is 1.76 bits per heavy atom. The molecule has 2 amide bonds. The van der Waals surface area contributed by atoms with Crippen molar-refractivity contribution in [3.63, 3.8) is 0 Å². The van der Waals surface area contributed by atoms with Crippen molar-refractivity contribution in [1.82, 2.24) is 14.7 Å². The maximum absolute atomic E-state index is 12.9. The van der Waals surface area contributed by atoms with Gasteiger partial charge in [0.15, 0.2) is 0 Å². The number of benzene rings is 2. The van der Waals surface area contributed by atoms with Crippen LogP contribution in [0.2, 0.25) is 5.02 Å². The van der Waals surface area contributed by atoms with E-state index in [4.69, 9.17) is 16.3 Å². The summed E-state index contributed by atoms with van der Waals surface area (Å²) < 4.78 is 7.03. The fourth-order valence-electron chi connectivity index (χ4n) is 3.73. The maximum Gasteiger partial charge on any atom is 0.259 e. The summed E-state index contributed by atoms with van der Waals surface area (Å²) in [5.41, 5.74) is 3.40. The number of hydrogen-bond donors (Lipinski definition) is 2. The average Bonchev–Trinajstić information content (AvgIpc) is 3.25. The highest BCUT2D eigenvalue weighted by molar-refractivity contribution is 6.30. The summed E-state index contributed by atoms with van der Waals surface area (Å²) in [6.45, 7) is 5.12. The van der Waals surface area contributed by atoms with Crippen LogP contribution in [0.25, 0.3) is 5.69 Å². The summed E-state index contributed by atoms with van der Waals surface area (Å²) in [6.07, 6.45) is 2.19. The molecule has 4 rings (SSSR count). The Hall–Kier alpha value is -3.20. The Bertz CT molecular complexity index is 1120. The topological polar surface area (TPSA) is 88.5 Å². The Morgan fingerprint density at radius 3 is 2.42 bits per heavy atom. The summed E-state index contributed by atoms with van der Waals surface area (Å²) in [5, 5.41) is 10.8. The fraction of sp³-hybridized carbons (Fsp3) is 0.292. The molecule has 1 saturated heterocycles. The third kappa shape index (κ3) is 5.78.